The zero-order valence-electron chi connectivity index (χ0n) is 14.0. The van der Waals surface area contributed by atoms with Crippen molar-refractivity contribution >= 4 is 11.9 Å². The number of carboxylic acid groups (broad SMARTS) is 1. The van der Waals surface area contributed by atoms with Crippen LogP contribution in [0.25, 0.3) is 11.6 Å². The van der Waals surface area contributed by atoms with E-state index in [-0.39, 0.29) is 29.6 Å². The molecule has 0 bridgehead atoms. The van der Waals surface area contributed by atoms with Gasteiger partial charge in [-0.25, -0.2) is 9.78 Å². The number of aromatic carboxylic acids is 1. The minimum absolute atomic E-state index is 0.141. The fourth-order valence-electron chi connectivity index (χ4n) is 2.98. The van der Waals surface area contributed by atoms with Gasteiger partial charge < -0.3 is 19.4 Å². The molecule has 1 amide bonds. The van der Waals surface area contributed by atoms with Crippen molar-refractivity contribution in [1.82, 2.24) is 19.9 Å². The Labute approximate surface area is 152 Å². The number of carbonyl (C=O) groups excluding carboxylic acids is 1. The molecular weight excluding hydrogens is 352 g/mol. The molecule has 0 atom stereocenters. The molecule has 0 spiro atoms. The summed E-state index contributed by atoms with van der Waals surface area (Å²) in [5.74, 6) is -1.40. The number of H-pyrrole nitrogens is 1. The standard InChI is InChI=1S/C18H14N4O5/c23-15-11(18(25)26)7-10-8-22(6-4-12(10)20-15)17(24)14-9-27-16(21-14)13-3-1-2-5-19-13/h1-3,5,7,9H,4,6,8H2,(H,20,23)(H,25,26). The second-order valence-corrected chi connectivity index (χ2v) is 6.05. The first-order valence-corrected chi connectivity index (χ1v) is 8.17. The average Bonchev–Trinajstić information content (AvgIpc) is 3.17. The highest BCUT2D eigenvalue weighted by molar-refractivity contribution is 5.92. The van der Waals surface area contributed by atoms with Crippen LogP contribution in [0, 0.1) is 0 Å². The third kappa shape index (κ3) is 3.10. The zero-order chi connectivity index (χ0) is 19.0. The van der Waals surface area contributed by atoms with Crippen LogP contribution in [-0.4, -0.2) is 43.4 Å². The van der Waals surface area contributed by atoms with Gasteiger partial charge in [-0.05, 0) is 23.8 Å². The fraction of sp³-hybridized carbons (Fsp3) is 0.167. The number of carbonyl (C=O) groups is 2. The largest absolute Gasteiger partial charge is 0.477 e. The van der Waals surface area contributed by atoms with E-state index in [1.165, 1.54) is 17.2 Å². The van der Waals surface area contributed by atoms with Gasteiger partial charge in [0.05, 0.1) is 0 Å². The number of aromatic amines is 1. The molecule has 0 radical (unpaired) electrons. The maximum absolute atomic E-state index is 12.7. The van der Waals surface area contributed by atoms with Gasteiger partial charge >= 0.3 is 5.97 Å². The molecule has 3 aromatic heterocycles. The predicted molar refractivity (Wildman–Crippen MR) is 92.2 cm³/mol. The maximum atomic E-state index is 12.7. The van der Waals surface area contributed by atoms with Gasteiger partial charge in [-0.3, -0.25) is 14.6 Å². The quantitative estimate of drug-likeness (QED) is 0.715. The molecule has 9 heteroatoms. The molecule has 1 aliphatic rings. The Hall–Kier alpha value is -3.75. The van der Waals surface area contributed by atoms with Crippen LogP contribution >= 0.6 is 0 Å². The molecule has 0 unspecified atom stereocenters. The Balaban J connectivity index is 1.58. The van der Waals surface area contributed by atoms with Gasteiger partial charge in [-0.2, -0.15) is 0 Å². The second kappa shape index (κ2) is 6.52. The lowest BCUT2D eigenvalue weighted by molar-refractivity contribution is 0.0694. The average molecular weight is 366 g/mol. The van der Waals surface area contributed by atoms with Crippen molar-refractivity contribution in [2.24, 2.45) is 0 Å². The van der Waals surface area contributed by atoms with E-state index in [1.807, 2.05) is 0 Å². The fourth-order valence-corrected chi connectivity index (χ4v) is 2.98. The van der Waals surface area contributed by atoms with Crippen LogP contribution in [0.3, 0.4) is 0 Å². The lowest BCUT2D eigenvalue weighted by Crippen LogP contribution is -2.38. The lowest BCUT2D eigenvalue weighted by atomic mass is 10.0. The van der Waals surface area contributed by atoms with Crippen molar-refractivity contribution in [3.05, 3.63) is 69.6 Å². The molecule has 9 nitrogen and oxygen atoms in total. The van der Waals surface area contributed by atoms with Crippen molar-refractivity contribution in [1.29, 1.82) is 0 Å². The molecule has 2 N–H and O–H groups in total. The van der Waals surface area contributed by atoms with Gasteiger partial charge in [0, 0.05) is 31.4 Å². The number of hydrogen-bond donors (Lipinski definition) is 2. The van der Waals surface area contributed by atoms with Crippen molar-refractivity contribution in [2.75, 3.05) is 6.54 Å². The Kier molecular flexibility index (Phi) is 4.03. The summed E-state index contributed by atoms with van der Waals surface area (Å²) in [6, 6.07) is 6.59. The predicted octanol–water partition coefficient (Wildman–Crippen LogP) is 1.32. The van der Waals surface area contributed by atoms with Gasteiger partial charge in [-0.1, -0.05) is 6.07 Å². The topological polar surface area (TPSA) is 129 Å². The number of aromatic nitrogens is 3. The van der Waals surface area contributed by atoms with E-state index in [1.54, 1.807) is 24.4 Å². The molecule has 136 valence electrons. The number of carboxylic acids is 1. The summed E-state index contributed by atoms with van der Waals surface area (Å²) < 4.78 is 5.35. The van der Waals surface area contributed by atoms with Gasteiger partial charge in [0.15, 0.2) is 5.69 Å². The van der Waals surface area contributed by atoms with E-state index in [4.69, 9.17) is 9.52 Å². The smallest absolute Gasteiger partial charge is 0.341 e. The van der Waals surface area contributed by atoms with Crippen LogP contribution in [0.15, 0.2) is 45.9 Å². The van der Waals surface area contributed by atoms with Crippen LogP contribution in [0.4, 0.5) is 0 Å². The number of oxazole rings is 1. The number of fused-ring (bicyclic) bond motifs is 1. The molecule has 4 rings (SSSR count). The van der Waals surface area contributed by atoms with Crippen molar-refractivity contribution in [2.45, 2.75) is 13.0 Å². The summed E-state index contributed by atoms with van der Waals surface area (Å²) in [4.78, 5) is 48.1. The van der Waals surface area contributed by atoms with Gasteiger partial charge in [-0.15, -0.1) is 0 Å². The van der Waals surface area contributed by atoms with Crippen molar-refractivity contribution in [3.63, 3.8) is 0 Å². The first-order chi connectivity index (χ1) is 13.0. The van der Waals surface area contributed by atoms with Crippen molar-refractivity contribution in [3.8, 4) is 11.6 Å². The Morgan fingerprint density at radius 2 is 2.15 bits per heavy atom. The third-order valence-electron chi connectivity index (χ3n) is 4.33. The third-order valence-corrected chi connectivity index (χ3v) is 4.33. The minimum atomic E-state index is -1.31. The summed E-state index contributed by atoms with van der Waals surface area (Å²) in [5.41, 5.74) is 0.911. The number of hydrogen-bond acceptors (Lipinski definition) is 6. The Morgan fingerprint density at radius 1 is 1.30 bits per heavy atom. The Morgan fingerprint density at radius 3 is 2.89 bits per heavy atom. The van der Waals surface area contributed by atoms with E-state index in [9.17, 15) is 14.4 Å². The van der Waals surface area contributed by atoms with Gasteiger partial charge in [0.25, 0.3) is 11.5 Å². The number of pyridine rings is 2. The van der Waals surface area contributed by atoms with Crippen LogP contribution in [0.1, 0.15) is 32.1 Å². The first-order valence-electron chi connectivity index (χ1n) is 8.17. The summed E-state index contributed by atoms with van der Waals surface area (Å²) in [6.07, 6.45) is 3.29. The molecule has 3 aromatic rings. The van der Waals surface area contributed by atoms with Crippen LogP contribution in [0.5, 0.6) is 0 Å². The number of nitrogens with zero attached hydrogens (tertiary/aromatic N) is 3. The van der Waals surface area contributed by atoms with Gasteiger partial charge in [0.2, 0.25) is 5.89 Å². The highest BCUT2D eigenvalue weighted by Crippen LogP contribution is 2.21. The number of nitrogens with one attached hydrogen (secondary N) is 1. The molecular formula is C18H14N4O5. The lowest BCUT2D eigenvalue weighted by Gasteiger charge is -2.28. The van der Waals surface area contributed by atoms with E-state index in [2.05, 4.69) is 15.0 Å². The molecule has 0 aromatic carbocycles. The van der Waals surface area contributed by atoms with E-state index in [0.29, 0.717) is 29.9 Å². The van der Waals surface area contributed by atoms with E-state index < -0.39 is 11.5 Å². The van der Waals surface area contributed by atoms with Crippen LogP contribution in [0.2, 0.25) is 0 Å². The van der Waals surface area contributed by atoms with Crippen LogP contribution in [-0.2, 0) is 13.0 Å². The highest BCUT2D eigenvalue weighted by atomic mass is 16.4. The summed E-state index contributed by atoms with van der Waals surface area (Å²) in [5, 5.41) is 9.10. The number of rotatable bonds is 3. The monoisotopic (exact) mass is 366 g/mol. The highest BCUT2D eigenvalue weighted by Gasteiger charge is 2.26. The maximum Gasteiger partial charge on any atom is 0.341 e. The minimum Gasteiger partial charge on any atom is -0.477 e. The molecule has 0 aliphatic carbocycles. The molecule has 0 fully saturated rings. The molecule has 1 aliphatic heterocycles. The first kappa shape index (κ1) is 16.7. The zero-order valence-corrected chi connectivity index (χ0v) is 14.0. The molecule has 0 saturated heterocycles. The van der Waals surface area contributed by atoms with Crippen LogP contribution < -0.4 is 5.56 Å². The van der Waals surface area contributed by atoms with E-state index >= 15 is 0 Å². The van der Waals surface area contributed by atoms with Crippen molar-refractivity contribution < 1.29 is 19.1 Å². The summed E-state index contributed by atoms with van der Waals surface area (Å²) >= 11 is 0. The number of amides is 1. The van der Waals surface area contributed by atoms with Gasteiger partial charge in [0.1, 0.15) is 17.5 Å². The normalized spacial score (nSPS) is 13.3. The van der Waals surface area contributed by atoms with E-state index in [0.717, 1.165) is 0 Å². The Bertz CT molecular complexity index is 1090. The molecule has 0 saturated carbocycles. The SMILES string of the molecule is O=C(O)c1cc2c([nH]c1=O)CCN(C(=O)c1coc(-c3ccccn3)n1)C2. The summed E-state index contributed by atoms with van der Waals surface area (Å²) in [6.45, 7) is 0.553. The summed E-state index contributed by atoms with van der Waals surface area (Å²) in [7, 11) is 0. The second-order valence-electron chi connectivity index (χ2n) is 6.05. The molecule has 27 heavy (non-hydrogen) atoms. The molecule has 4 heterocycles.